The zero-order chi connectivity index (χ0) is 18.9. The van der Waals surface area contributed by atoms with Crippen LogP contribution in [-0.2, 0) is 0 Å². The maximum Gasteiger partial charge on any atom is 0.211 e. The summed E-state index contributed by atoms with van der Waals surface area (Å²) in [5.74, 6) is 1.92. The Bertz CT molecular complexity index is 1280. The van der Waals surface area contributed by atoms with Crippen LogP contribution in [0.2, 0.25) is 0 Å². The molecule has 0 atom stereocenters. The van der Waals surface area contributed by atoms with Gasteiger partial charge in [-0.25, -0.2) is 15.0 Å². The molecule has 28 heavy (non-hydrogen) atoms. The standard InChI is InChI=1S/C21H16N6O/c1-13-12-23-19-20(28-27-21(19)26-16-8-4-5-11-22-16)18(13)25-17-10-9-14-6-2-3-7-15(14)24-17/h2-12H,1H3,(H,22,26,27)(H,23,24,25). The van der Waals surface area contributed by atoms with Crippen LogP contribution in [0.3, 0.4) is 0 Å². The number of hydrogen-bond acceptors (Lipinski definition) is 7. The van der Waals surface area contributed by atoms with E-state index >= 15 is 0 Å². The molecule has 0 aliphatic rings. The lowest BCUT2D eigenvalue weighted by molar-refractivity contribution is 0.460. The number of rotatable bonds is 4. The molecule has 5 rings (SSSR count). The van der Waals surface area contributed by atoms with Gasteiger partial charge in [-0.1, -0.05) is 29.4 Å². The van der Waals surface area contributed by atoms with E-state index in [2.05, 4.69) is 30.7 Å². The lowest BCUT2D eigenvalue weighted by atomic mass is 10.2. The minimum atomic E-state index is 0.517. The molecular formula is C21H16N6O. The van der Waals surface area contributed by atoms with E-state index in [1.54, 1.807) is 12.4 Å². The SMILES string of the molecule is Cc1cnc2c(Nc3ccccn3)noc2c1Nc1ccc2ccccc2n1. The quantitative estimate of drug-likeness (QED) is 0.463. The zero-order valence-corrected chi connectivity index (χ0v) is 15.0. The molecule has 0 bridgehead atoms. The van der Waals surface area contributed by atoms with Gasteiger partial charge in [-0.2, -0.15) is 0 Å². The van der Waals surface area contributed by atoms with E-state index in [9.17, 15) is 0 Å². The molecule has 136 valence electrons. The van der Waals surface area contributed by atoms with Crippen molar-refractivity contribution in [2.24, 2.45) is 0 Å². The Labute approximate surface area is 160 Å². The molecule has 0 spiro atoms. The highest BCUT2D eigenvalue weighted by atomic mass is 16.5. The summed E-state index contributed by atoms with van der Waals surface area (Å²) in [5.41, 5.74) is 3.83. The van der Waals surface area contributed by atoms with Gasteiger partial charge in [0, 0.05) is 17.8 Å². The number of anilines is 4. The fourth-order valence-corrected chi connectivity index (χ4v) is 3.03. The van der Waals surface area contributed by atoms with Crippen LogP contribution in [-0.4, -0.2) is 20.1 Å². The second-order valence-electron chi connectivity index (χ2n) is 6.38. The Kier molecular flexibility index (Phi) is 3.83. The van der Waals surface area contributed by atoms with E-state index in [0.717, 1.165) is 28.0 Å². The summed E-state index contributed by atoms with van der Waals surface area (Å²) >= 11 is 0. The third-order valence-corrected chi connectivity index (χ3v) is 4.44. The summed E-state index contributed by atoms with van der Waals surface area (Å²) in [6.07, 6.45) is 3.49. The number of nitrogens with zero attached hydrogens (tertiary/aromatic N) is 4. The van der Waals surface area contributed by atoms with Crippen LogP contribution in [0, 0.1) is 6.92 Å². The number of aryl methyl sites for hydroxylation is 1. The van der Waals surface area contributed by atoms with Crippen molar-refractivity contribution in [2.75, 3.05) is 10.6 Å². The summed E-state index contributed by atoms with van der Waals surface area (Å²) in [4.78, 5) is 13.4. The predicted octanol–water partition coefficient (Wildman–Crippen LogP) is 4.96. The summed E-state index contributed by atoms with van der Waals surface area (Å²) in [6, 6.07) is 17.6. The first kappa shape index (κ1) is 16.2. The maximum atomic E-state index is 5.60. The predicted molar refractivity (Wildman–Crippen MR) is 109 cm³/mol. The van der Waals surface area contributed by atoms with E-state index in [1.165, 1.54) is 0 Å². The second-order valence-corrected chi connectivity index (χ2v) is 6.38. The number of aromatic nitrogens is 4. The van der Waals surface area contributed by atoms with Gasteiger partial charge in [0.05, 0.1) is 11.2 Å². The summed E-state index contributed by atoms with van der Waals surface area (Å²) in [7, 11) is 0. The second kappa shape index (κ2) is 6.62. The maximum absolute atomic E-state index is 5.60. The highest BCUT2D eigenvalue weighted by molar-refractivity contribution is 5.96. The van der Waals surface area contributed by atoms with Crippen LogP contribution in [0.5, 0.6) is 0 Å². The molecule has 0 radical (unpaired) electrons. The minimum absolute atomic E-state index is 0.517. The molecule has 2 N–H and O–H groups in total. The number of hydrogen-bond donors (Lipinski definition) is 2. The molecule has 0 aliphatic carbocycles. The van der Waals surface area contributed by atoms with Gasteiger partial charge in [-0.3, -0.25) is 0 Å². The number of pyridine rings is 3. The fraction of sp³-hybridized carbons (Fsp3) is 0.0476. The van der Waals surface area contributed by atoms with E-state index in [0.29, 0.717) is 22.7 Å². The van der Waals surface area contributed by atoms with Crippen molar-refractivity contribution in [3.8, 4) is 0 Å². The Morgan fingerprint density at radius 3 is 2.64 bits per heavy atom. The van der Waals surface area contributed by atoms with Crippen LogP contribution >= 0.6 is 0 Å². The van der Waals surface area contributed by atoms with Crippen LogP contribution < -0.4 is 10.6 Å². The minimum Gasteiger partial charge on any atom is -0.350 e. The van der Waals surface area contributed by atoms with Gasteiger partial charge in [0.2, 0.25) is 11.4 Å². The van der Waals surface area contributed by atoms with E-state index in [1.807, 2.05) is 61.5 Å². The van der Waals surface area contributed by atoms with Crippen molar-refractivity contribution in [3.05, 3.63) is 72.6 Å². The Hall–Kier alpha value is -4.00. The lowest BCUT2D eigenvalue weighted by Crippen LogP contribution is -1.98. The molecule has 7 heteroatoms. The molecule has 7 nitrogen and oxygen atoms in total. The average Bonchev–Trinajstić information content (AvgIpc) is 3.14. The van der Waals surface area contributed by atoms with Gasteiger partial charge in [0.15, 0.2) is 5.52 Å². The largest absolute Gasteiger partial charge is 0.350 e. The van der Waals surface area contributed by atoms with Crippen LogP contribution in [0.15, 0.2) is 71.5 Å². The van der Waals surface area contributed by atoms with Gasteiger partial charge >= 0.3 is 0 Å². The molecular weight excluding hydrogens is 352 g/mol. The van der Waals surface area contributed by atoms with Gasteiger partial charge in [-0.05, 0) is 42.8 Å². The smallest absolute Gasteiger partial charge is 0.211 e. The highest BCUT2D eigenvalue weighted by Gasteiger charge is 2.17. The van der Waals surface area contributed by atoms with E-state index < -0.39 is 0 Å². The van der Waals surface area contributed by atoms with Crippen LogP contribution in [0.25, 0.3) is 22.0 Å². The van der Waals surface area contributed by atoms with Crippen LogP contribution in [0.1, 0.15) is 5.56 Å². The number of para-hydroxylation sites is 1. The van der Waals surface area contributed by atoms with Crippen molar-refractivity contribution in [1.29, 1.82) is 0 Å². The monoisotopic (exact) mass is 368 g/mol. The van der Waals surface area contributed by atoms with Gasteiger partial charge in [0.25, 0.3) is 0 Å². The first-order valence-corrected chi connectivity index (χ1v) is 8.84. The molecule has 1 aromatic carbocycles. The first-order valence-electron chi connectivity index (χ1n) is 8.84. The molecule has 0 amide bonds. The molecule has 4 heterocycles. The van der Waals surface area contributed by atoms with Crippen molar-refractivity contribution in [1.82, 2.24) is 20.1 Å². The summed E-state index contributed by atoms with van der Waals surface area (Å²) in [5, 5.41) is 11.7. The molecule has 0 saturated carbocycles. The molecule has 5 aromatic rings. The zero-order valence-electron chi connectivity index (χ0n) is 15.0. The molecule has 0 unspecified atom stereocenters. The Morgan fingerprint density at radius 1 is 0.857 bits per heavy atom. The molecule has 4 aromatic heterocycles. The van der Waals surface area contributed by atoms with E-state index in [4.69, 9.17) is 4.52 Å². The summed E-state index contributed by atoms with van der Waals surface area (Å²) < 4.78 is 5.60. The third-order valence-electron chi connectivity index (χ3n) is 4.44. The van der Waals surface area contributed by atoms with Gasteiger partial charge in [0.1, 0.15) is 11.6 Å². The topological polar surface area (TPSA) is 88.8 Å². The number of nitrogens with one attached hydrogen (secondary N) is 2. The molecule has 0 aliphatic heterocycles. The number of benzene rings is 1. The fourth-order valence-electron chi connectivity index (χ4n) is 3.03. The van der Waals surface area contributed by atoms with Crippen molar-refractivity contribution in [3.63, 3.8) is 0 Å². The van der Waals surface area contributed by atoms with Crippen molar-refractivity contribution < 1.29 is 4.52 Å². The van der Waals surface area contributed by atoms with Crippen molar-refractivity contribution in [2.45, 2.75) is 6.92 Å². The van der Waals surface area contributed by atoms with E-state index in [-0.39, 0.29) is 0 Å². The number of fused-ring (bicyclic) bond motifs is 2. The average molecular weight is 368 g/mol. The lowest BCUT2D eigenvalue weighted by Gasteiger charge is -2.09. The molecule has 0 saturated heterocycles. The summed E-state index contributed by atoms with van der Waals surface area (Å²) in [6.45, 7) is 1.96. The third kappa shape index (κ3) is 2.88. The van der Waals surface area contributed by atoms with Crippen LogP contribution in [0.4, 0.5) is 23.1 Å². The Morgan fingerprint density at radius 2 is 1.75 bits per heavy atom. The van der Waals surface area contributed by atoms with Gasteiger partial charge in [-0.15, -0.1) is 0 Å². The first-order chi connectivity index (χ1) is 13.8. The van der Waals surface area contributed by atoms with Gasteiger partial charge < -0.3 is 15.2 Å². The van der Waals surface area contributed by atoms with Crippen molar-refractivity contribution >= 4 is 45.1 Å². The Balaban J connectivity index is 1.54. The highest BCUT2D eigenvalue weighted by Crippen LogP contribution is 2.33. The normalized spacial score (nSPS) is 11.0. The molecule has 0 fully saturated rings.